The van der Waals surface area contributed by atoms with E-state index in [1.807, 2.05) is 31.3 Å². The molecule has 1 aliphatic rings. The Morgan fingerprint density at radius 1 is 1.04 bits per heavy atom. The predicted molar refractivity (Wildman–Crippen MR) is 101 cm³/mol. The highest BCUT2D eigenvalue weighted by atomic mass is 16.5. The summed E-state index contributed by atoms with van der Waals surface area (Å²) in [5, 5.41) is 13.1. The minimum Gasteiger partial charge on any atom is -0.494 e. The number of anilines is 1. The van der Waals surface area contributed by atoms with Gasteiger partial charge in [-0.15, -0.1) is 10.2 Å². The van der Waals surface area contributed by atoms with Crippen LogP contribution in [-0.2, 0) is 13.0 Å². The molecule has 0 bridgehead atoms. The number of aromatic nitrogens is 4. The van der Waals surface area contributed by atoms with E-state index in [9.17, 15) is 0 Å². The highest BCUT2D eigenvalue weighted by Gasteiger charge is 2.18. The highest BCUT2D eigenvalue weighted by molar-refractivity contribution is 5.46. The molecule has 0 aliphatic carbocycles. The summed E-state index contributed by atoms with van der Waals surface area (Å²) in [6.45, 7) is 6.62. The van der Waals surface area contributed by atoms with E-state index in [2.05, 4.69) is 45.3 Å². The van der Waals surface area contributed by atoms with E-state index < -0.39 is 0 Å². The fourth-order valence-corrected chi connectivity index (χ4v) is 3.19. The Hall–Kier alpha value is -2.89. The summed E-state index contributed by atoms with van der Waals surface area (Å²) in [7, 11) is 0. The number of hydrogen-bond donors (Lipinski definition) is 0. The number of hydrogen-bond acceptors (Lipinski definition) is 5. The fraction of sp³-hybridized carbons (Fsp3) is 0.350. The summed E-state index contributed by atoms with van der Waals surface area (Å²) in [6.07, 6.45) is 3.91. The van der Waals surface area contributed by atoms with E-state index in [0.29, 0.717) is 0 Å². The molecule has 0 saturated carbocycles. The van der Waals surface area contributed by atoms with E-state index in [0.717, 1.165) is 55.6 Å². The Labute approximate surface area is 153 Å². The number of aryl methyl sites for hydroxylation is 1. The van der Waals surface area contributed by atoms with Crippen molar-refractivity contribution >= 4 is 5.82 Å². The molecule has 3 heterocycles. The second kappa shape index (κ2) is 7.15. The monoisotopic (exact) mass is 349 g/mol. The molecule has 0 amide bonds. The molecule has 3 aromatic rings. The van der Waals surface area contributed by atoms with E-state index in [1.54, 1.807) is 4.68 Å². The average molecular weight is 349 g/mol. The van der Waals surface area contributed by atoms with Crippen LogP contribution in [0, 0.1) is 6.92 Å². The molecule has 1 aliphatic heterocycles. The molecule has 134 valence electrons. The van der Waals surface area contributed by atoms with E-state index in [1.165, 1.54) is 11.1 Å². The van der Waals surface area contributed by atoms with Crippen LogP contribution in [0.15, 0.2) is 42.6 Å². The first-order valence-electron chi connectivity index (χ1n) is 9.09. The Bertz CT molecular complexity index is 887. The van der Waals surface area contributed by atoms with Crippen LogP contribution in [0.25, 0.3) is 5.82 Å². The molecule has 6 heteroatoms. The lowest BCUT2D eigenvalue weighted by molar-refractivity contribution is 0.317. The molecule has 2 aromatic heterocycles. The van der Waals surface area contributed by atoms with Crippen molar-refractivity contribution in [3.63, 3.8) is 0 Å². The lowest BCUT2D eigenvalue weighted by atomic mass is 9.99. The quantitative estimate of drug-likeness (QED) is 0.707. The SMILES string of the molecule is CCCOc1ccc2c(c1)CCN(c1ccc(-n3ccc(C)n3)nn1)C2. The van der Waals surface area contributed by atoms with Crippen molar-refractivity contribution < 1.29 is 4.74 Å². The first kappa shape index (κ1) is 16.6. The average Bonchev–Trinajstić information content (AvgIpc) is 3.12. The number of rotatable bonds is 5. The molecule has 1 aromatic carbocycles. The van der Waals surface area contributed by atoms with Crippen molar-refractivity contribution in [1.82, 2.24) is 20.0 Å². The Morgan fingerprint density at radius 3 is 2.62 bits per heavy atom. The van der Waals surface area contributed by atoms with E-state index in [-0.39, 0.29) is 0 Å². The maximum absolute atomic E-state index is 5.75. The van der Waals surface area contributed by atoms with Gasteiger partial charge >= 0.3 is 0 Å². The molecule has 6 nitrogen and oxygen atoms in total. The summed E-state index contributed by atoms with van der Waals surface area (Å²) in [5.74, 6) is 2.60. The zero-order chi connectivity index (χ0) is 17.9. The van der Waals surface area contributed by atoms with Gasteiger partial charge in [0.05, 0.1) is 12.3 Å². The topological polar surface area (TPSA) is 56.1 Å². The lowest BCUT2D eigenvalue weighted by Crippen LogP contribution is -2.31. The summed E-state index contributed by atoms with van der Waals surface area (Å²) in [5.41, 5.74) is 3.66. The van der Waals surface area contributed by atoms with Crippen LogP contribution in [0.2, 0.25) is 0 Å². The van der Waals surface area contributed by atoms with Gasteiger partial charge < -0.3 is 9.64 Å². The van der Waals surface area contributed by atoms with Gasteiger partial charge in [-0.25, -0.2) is 4.68 Å². The van der Waals surface area contributed by atoms with Crippen LogP contribution in [0.3, 0.4) is 0 Å². The predicted octanol–water partition coefficient (Wildman–Crippen LogP) is 3.32. The van der Waals surface area contributed by atoms with E-state index >= 15 is 0 Å². The second-order valence-electron chi connectivity index (χ2n) is 6.60. The molecule has 0 N–H and O–H groups in total. The maximum atomic E-state index is 5.75. The molecule has 0 saturated heterocycles. The zero-order valence-corrected chi connectivity index (χ0v) is 15.2. The third kappa shape index (κ3) is 3.40. The summed E-state index contributed by atoms with van der Waals surface area (Å²) in [6, 6.07) is 12.3. The molecule has 0 fully saturated rings. The minimum absolute atomic E-state index is 0.733. The van der Waals surface area contributed by atoms with Crippen molar-refractivity contribution in [1.29, 1.82) is 0 Å². The van der Waals surface area contributed by atoms with Crippen molar-refractivity contribution in [3.8, 4) is 11.6 Å². The molecule has 4 rings (SSSR count). The van der Waals surface area contributed by atoms with Gasteiger partial charge in [0.15, 0.2) is 11.6 Å². The van der Waals surface area contributed by atoms with Gasteiger partial charge in [-0.05, 0) is 61.2 Å². The van der Waals surface area contributed by atoms with Crippen LogP contribution in [0.1, 0.15) is 30.2 Å². The summed E-state index contributed by atoms with van der Waals surface area (Å²) in [4.78, 5) is 2.26. The zero-order valence-electron chi connectivity index (χ0n) is 15.2. The van der Waals surface area contributed by atoms with Gasteiger partial charge in [-0.2, -0.15) is 5.10 Å². The molecular formula is C20H23N5O. The largest absolute Gasteiger partial charge is 0.494 e. The summed E-state index contributed by atoms with van der Waals surface area (Å²) >= 11 is 0. The van der Waals surface area contributed by atoms with E-state index in [4.69, 9.17) is 4.74 Å². The fourth-order valence-electron chi connectivity index (χ4n) is 3.19. The van der Waals surface area contributed by atoms with Crippen LogP contribution >= 0.6 is 0 Å². The molecule has 0 spiro atoms. The first-order chi connectivity index (χ1) is 12.7. The van der Waals surface area contributed by atoms with Gasteiger partial charge in [0.25, 0.3) is 0 Å². The molecular weight excluding hydrogens is 326 g/mol. The molecule has 26 heavy (non-hydrogen) atoms. The first-order valence-corrected chi connectivity index (χ1v) is 9.09. The number of nitrogens with zero attached hydrogens (tertiary/aromatic N) is 5. The third-order valence-electron chi connectivity index (χ3n) is 4.58. The van der Waals surface area contributed by atoms with Crippen LogP contribution in [0.4, 0.5) is 5.82 Å². The van der Waals surface area contributed by atoms with Crippen LogP contribution in [-0.4, -0.2) is 33.1 Å². The maximum Gasteiger partial charge on any atom is 0.175 e. The van der Waals surface area contributed by atoms with Gasteiger partial charge in [0.2, 0.25) is 0 Å². The number of fused-ring (bicyclic) bond motifs is 1. The molecule has 0 radical (unpaired) electrons. The Balaban J connectivity index is 1.48. The van der Waals surface area contributed by atoms with Gasteiger partial charge in [0, 0.05) is 19.3 Å². The van der Waals surface area contributed by atoms with Gasteiger partial charge in [0.1, 0.15) is 5.75 Å². The Kier molecular flexibility index (Phi) is 4.56. The van der Waals surface area contributed by atoms with Gasteiger partial charge in [-0.3, -0.25) is 0 Å². The standard InChI is InChI=1S/C20H23N5O/c1-3-12-26-18-5-4-17-14-24(10-9-16(17)13-18)19-6-7-20(22-21-19)25-11-8-15(2)23-25/h4-8,11,13H,3,9-10,12,14H2,1-2H3. The van der Waals surface area contributed by atoms with Crippen molar-refractivity contribution in [2.24, 2.45) is 0 Å². The highest BCUT2D eigenvalue weighted by Crippen LogP contribution is 2.26. The molecule has 0 atom stereocenters. The van der Waals surface area contributed by atoms with Crippen molar-refractivity contribution in [2.75, 3.05) is 18.1 Å². The minimum atomic E-state index is 0.733. The normalized spacial score (nSPS) is 13.5. The molecule has 0 unspecified atom stereocenters. The van der Waals surface area contributed by atoms with Crippen LogP contribution in [0.5, 0.6) is 5.75 Å². The van der Waals surface area contributed by atoms with Gasteiger partial charge in [-0.1, -0.05) is 13.0 Å². The third-order valence-corrected chi connectivity index (χ3v) is 4.58. The Morgan fingerprint density at radius 2 is 1.88 bits per heavy atom. The summed E-state index contributed by atoms with van der Waals surface area (Å²) < 4.78 is 7.49. The number of ether oxygens (including phenoxy) is 1. The number of benzene rings is 1. The van der Waals surface area contributed by atoms with Crippen LogP contribution < -0.4 is 9.64 Å². The second-order valence-corrected chi connectivity index (χ2v) is 6.60. The van der Waals surface area contributed by atoms with Crippen molar-refractivity contribution in [3.05, 3.63) is 59.4 Å². The van der Waals surface area contributed by atoms with Crippen molar-refractivity contribution in [2.45, 2.75) is 33.2 Å². The lowest BCUT2D eigenvalue weighted by Gasteiger charge is -2.29. The smallest absolute Gasteiger partial charge is 0.175 e.